The molecule has 156 valence electrons. The van der Waals surface area contributed by atoms with Crippen LogP contribution in [0.4, 0.5) is 5.82 Å². The molecule has 2 aromatic heterocycles. The first-order valence-electron chi connectivity index (χ1n) is 8.75. The second-order valence-corrected chi connectivity index (χ2v) is 6.26. The lowest BCUT2D eigenvalue weighted by atomic mass is 10.1. The summed E-state index contributed by atoms with van der Waals surface area (Å²) < 4.78 is 6.89. The highest BCUT2D eigenvalue weighted by Crippen LogP contribution is 2.32. The number of aliphatic hydroxyl groups excluding tert-OH is 3. The van der Waals surface area contributed by atoms with Crippen molar-refractivity contribution in [1.29, 1.82) is 0 Å². The fourth-order valence-corrected chi connectivity index (χ4v) is 2.86. The Bertz CT molecular complexity index is 925. The first-order valence-corrected chi connectivity index (χ1v) is 8.75. The Balaban J connectivity index is 1.74. The highest BCUT2D eigenvalue weighted by molar-refractivity contribution is 6.02. The van der Waals surface area contributed by atoms with E-state index in [1.165, 1.54) is 23.3 Å². The summed E-state index contributed by atoms with van der Waals surface area (Å²) in [5.41, 5.74) is 11.0. The topological polar surface area (TPSA) is 207 Å². The third-order valence-electron chi connectivity index (χ3n) is 4.25. The molecule has 1 saturated heterocycles. The summed E-state index contributed by atoms with van der Waals surface area (Å²) in [4.78, 5) is 28.2. The fraction of sp³-hybridized carbons (Fsp3) is 0.438. The van der Waals surface area contributed by atoms with Crippen LogP contribution in [0.2, 0.25) is 0 Å². The normalized spacial score (nSPS) is 24.2. The number of carbonyl (C=O) groups is 1. The van der Waals surface area contributed by atoms with Crippen molar-refractivity contribution in [3.8, 4) is 0 Å². The van der Waals surface area contributed by atoms with Crippen LogP contribution in [0.5, 0.6) is 0 Å². The van der Waals surface area contributed by atoms with Crippen molar-refractivity contribution in [3.05, 3.63) is 24.8 Å². The molecule has 0 aromatic carbocycles. The summed E-state index contributed by atoms with van der Waals surface area (Å²) in [6, 6.07) is 0. The lowest BCUT2D eigenvalue weighted by Crippen LogP contribution is -2.33. The third kappa shape index (κ3) is 4.48. The fourth-order valence-electron chi connectivity index (χ4n) is 2.86. The zero-order chi connectivity index (χ0) is 21.0. The number of ether oxygens (including phenoxy) is 1. The lowest BCUT2D eigenvalue weighted by molar-refractivity contribution is -0.111. The van der Waals surface area contributed by atoms with E-state index in [1.807, 2.05) is 0 Å². The van der Waals surface area contributed by atoms with Crippen LogP contribution in [0.3, 0.4) is 0 Å². The van der Waals surface area contributed by atoms with E-state index < -0.39 is 37.1 Å². The van der Waals surface area contributed by atoms with Gasteiger partial charge in [0, 0.05) is 6.54 Å². The Hall–Kier alpha value is -3.13. The number of hydrogen-bond donors (Lipinski definition) is 6. The van der Waals surface area contributed by atoms with Crippen LogP contribution in [-0.2, 0) is 9.53 Å². The van der Waals surface area contributed by atoms with Gasteiger partial charge in [0.25, 0.3) is 0 Å². The number of guanidine groups is 1. The van der Waals surface area contributed by atoms with Crippen LogP contribution in [0.25, 0.3) is 11.2 Å². The van der Waals surface area contributed by atoms with E-state index in [9.17, 15) is 20.1 Å². The Kier molecular flexibility index (Phi) is 6.33. The molecular formula is C16H22N8O5. The molecular weight excluding hydrogens is 384 g/mol. The highest BCUT2D eigenvalue weighted by Gasteiger charge is 2.44. The van der Waals surface area contributed by atoms with E-state index in [0.29, 0.717) is 13.0 Å². The molecule has 1 amide bonds. The number of nitrogens with zero attached hydrogens (tertiary/aromatic N) is 5. The first kappa shape index (κ1) is 20.6. The van der Waals surface area contributed by atoms with E-state index in [2.05, 4.69) is 25.3 Å². The van der Waals surface area contributed by atoms with Gasteiger partial charge in [0.05, 0.1) is 12.9 Å². The average molecular weight is 406 g/mol. The molecule has 0 aliphatic carbocycles. The smallest absolute Gasteiger partial charge is 0.249 e. The first-order chi connectivity index (χ1) is 13.9. The zero-order valence-electron chi connectivity index (χ0n) is 15.3. The predicted octanol–water partition coefficient (Wildman–Crippen LogP) is -2.40. The van der Waals surface area contributed by atoms with Gasteiger partial charge in [-0.05, 0) is 12.5 Å². The molecule has 0 bridgehead atoms. The summed E-state index contributed by atoms with van der Waals surface area (Å²) in [6.45, 7) is -0.0914. The van der Waals surface area contributed by atoms with Crippen LogP contribution < -0.4 is 16.8 Å². The van der Waals surface area contributed by atoms with Crippen LogP contribution in [-0.4, -0.2) is 78.2 Å². The minimum absolute atomic E-state index is 0.0176. The van der Waals surface area contributed by atoms with Crippen molar-refractivity contribution in [3.63, 3.8) is 0 Å². The van der Waals surface area contributed by atoms with Gasteiger partial charge < -0.3 is 36.8 Å². The number of nitrogens with two attached hydrogens (primary N) is 2. The molecule has 0 unspecified atom stereocenters. The van der Waals surface area contributed by atoms with Gasteiger partial charge in [0.2, 0.25) is 5.91 Å². The second kappa shape index (κ2) is 8.91. The highest BCUT2D eigenvalue weighted by atomic mass is 16.6. The van der Waals surface area contributed by atoms with E-state index in [4.69, 9.17) is 16.2 Å². The number of fused-ring (bicyclic) bond motifs is 1. The molecule has 4 atom stereocenters. The molecule has 0 radical (unpaired) electrons. The summed E-state index contributed by atoms with van der Waals surface area (Å²) in [5, 5.41) is 32.0. The molecule has 0 saturated carbocycles. The van der Waals surface area contributed by atoms with Crippen LogP contribution >= 0.6 is 0 Å². The molecule has 13 nitrogen and oxygen atoms in total. The molecule has 29 heavy (non-hydrogen) atoms. The van der Waals surface area contributed by atoms with Gasteiger partial charge in [-0.2, -0.15) is 0 Å². The SMILES string of the molecule is NC(N)=NCC/C=C/C(=O)Nc1ncnc2c1ncn2[C@@H]1O[C@H](CO)[C@@H](O)[C@H]1O. The molecule has 1 fully saturated rings. The average Bonchev–Trinajstić information content (AvgIpc) is 3.23. The number of aliphatic imine (C=N–C) groups is 1. The van der Waals surface area contributed by atoms with Crippen LogP contribution in [0, 0.1) is 0 Å². The molecule has 1 aliphatic heterocycles. The number of aromatic nitrogens is 4. The largest absolute Gasteiger partial charge is 0.394 e. The van der Waals surface area contributed by atoms with E-state index in [0.717, 1.165) is 0 Å². The number of amides is 1. The number of hydrogen-bond acceptors (Lipinski definition) is 9. The molecule has 0 spiro atoms. The maximum Gasteiger partial charge on any atom is 0.249 e. The molecule has 8 N–H and O–H groups in total. The molecule has 13 heteroatoms. The van der Waals surface area contributed by atoms with Gasteiger partial charge in [0.1, 0.15) is 24.6 Å². The predicted molar refractivity (Wildman–Crippen MR) is 101 cm³/mol. The van der Waals surface area contributed by atoms with Gasteiger partial charge in [-0.25, -0.2) is 15.0 Å². The summed E-state index contributed by atoms with van der Waals surface area (Å²) in [5.74, 6) is -0.285. The molecule has 3 heterocycles. The maximum atomic E-state index is 12.1. The van der Waals surface area contributed by atoms with E-state index in [-0.39, 0.29) is 22.9 Å². The number of anilines is 1. The van der Waals surface area contributed by atoms with Gasteiger partial charge in [-0.1, -0.05) is 6.08 Å². The third-order valence-corrected chi connectivity index (χ3v) is 4.25. The van der Waals surface area contributed by atoms with Crippen LogP contribution in [0.1, 0.15) is 12.6 Å². The van der Waals surface area contributed by atoms with Crippen molar-refractivity contribution in [2.75, 3.05) is 18.5 Å². The summed E-state index contributed by atoms with van der Waals surface area (Å²) in [6.07, 6.45) is 1.50. The Morgan fingerprint density at radius 1 is 1.31 bits per heavy atom. The number of imidazole rings is 1. The quantitative estimate of drug-likeness (QED) is 0.124. The van der Waals surface area contributed by atoms with Crippen molar-refractivity contribution in [1.82, 2.24) is 19.5 Å². The van der Waals surface area contributed by atoms with Crippen LogP contribution in [0.15, 0.2) is 29.8 Å². The maximum absolute atomic E-state index is 12.1. The number of aliphatic hydroxyl groups is 3. The minimum atomic E-state index is -1.29. The van der Waals surface area contributed by atoms with Crippen molar-refractivity contribution in [2.45, 2.75) is 31.0 Å². The molecule has 1 aliphatic rings. The Morgan fingerprint density at radius 3 is 2.79 bits per heavy atom. The van der Waals surface area contributed by atoms with Crippen molar-refractivity contribution in [2.24, 2.45) is 16.5 Å². The van der Waals surface area contributed by atoms with Gasteiger partial charge >= 0.3 is 0 Å². The van der Waals surface area contributed by atoms with Gasteiger partial charge in [-0.3, -0.25) is 14.4 Å². The van der Waals surface area contributed by atoms with Gasteiger partial charge in [0.15, 0.2) is 29.2 Å². The lowest BCUT2D eigenvalue weighted by Gasteiger charge is -2.16. The molecule has 3 rings (SSSR count). The van der Waals surface area contributed by atoms with E-state index in [1.54, 1.807) is 6.08 Å². The summed E-state index contributed by atoms with van der Waals surface area (Å²) in [7, 11) is 0. The van der Waals surface area contributed by atoms with Gasteiger partial charge in [-0.15, -0.1) is 0 Å². The van der Waals surface area contributed by atoms with Crippen molar-refractivity contribution >= 4 is 28.8 Å². The minimum Gasteiger partial charge on any atom is -0.394 e. The zero-order valence-corrected chi connectivity index (χ0v) is 15.3. The number of rotatable bonds is 7. The second-order valence-electron chi connectivity index (χ2n) is 6.26. The number of nitrogens with one attached hydrogen (secondary N) is 1. The number of carbonyl (C=O) groups excluding carboxylic acids is 1. The van der Waals surface area contributed by atoms with Crippen molar-refractivity contribution < 1.29 is 24.9 Å². The monoisotopic (exact) mass is 406 g/mol. The van der Waals surface area contributed by atoms with E-state index >= 15 is 0 Å². The summed E-state index contributed by atoms with van der Waals surface area (Å²) >= 11 is 0. The Morgan fingerprint density at radius 2 is 2.10 bits per heavy atom. The molecule has 2 aromatic rings. The standard InChI is InChI=1S/C16H22N8O5/c17-16(18)19-4-2-1-3-9(26)23-13-10-14(21-6-20-13)24(7-22-10)15-12(28)11(27)8(5-25)29-15/h1,3,6-8,11-12,15,25,27-28H,2,4-5H2,(H4,17,18,19)(H,20,21,23,26)/b3-1+/t8-,11-,12-,15-/m1/s1. The Labute approximate surface area is 164 Å².